The van der Waals surface area contributed by atoms with Gasteiger partial charge >= 0.3 is 0 Å². The van der Waals surface area contributed by atoms with Crippen LogP contribution in [0.3, 0.4) is 0 Å². The Hall–Kier alpha value is -1.80. The lowest BCUT2D eigenvalue weighted by Gasteiger charge is -2.14. The van der Waals surface area contributed by atoms with Crippen LogP contribution in [0.15, 0.2) is 47.4 Å². The highest BCUT2D eigenvalue weighted by atomic mass is 35.5. The zero-order chi connectivity index (χ0) is 17.7. The number of methoxy groups -OCH3 is 2. The van der Waals surface area contributed by atoms with Gasteiger partial charge in [-0.1, -0.05) is 23.7 Å². The Morgan fingerprint density at radius 3 is 2.29 bits per heavy atom. The van der Waals surface area contributed by atoms with E-state index in [1.165, 1.54) is 32.4 Å². The van der Waals surface area contributed by atoms with Gasteiger partial charge in [0, 0.05) is 17.6 Å². The maximum atomic E-state index is 12.4. The summed E-state index contributed by atoms with van der Waals surface area (Å²) in [6.45, 7) is -0.168. The fourth-order valence-electron chi connectivity index (χ4n) is 2.06. The van der Waals surface area contributed by atoms with E-state index in [1.54, 1.807) is 24.3 Å². The van der Waals surface area contributed by atoms with Gasteiger partial charge in [-0.25, -0.2) is 13.1 Å². The summed E-state index contributed by atoms with van der Waals surface area (Å²) in [6, 6.07) is 10.8. The Balaban J connectivity index is 2.12. The van der Waals surface area contributed by atoms with Gasteiger partial charge in [-0.2, -0.15) is 0 Å². The van der Waals surface area contributed by atoms with Gasteiger partial charge in [0.2, 0.25) is 10.0 Å². The number of hydrogen-bond donors (Lipinski definition) is 2. The number of sulfonamides is 1. The van der Waals surface area contributed by atoms with Crippen molar-refractivity contribution in [2.24, 2.45) is 0 Å². The van der Waals surface area contributed by atoms with Crippen molar-refractivity contribution in [2.75, 3.05) is 20.8 Å². The largest absolute Gasteiger partial charge is 0.493 e. The van der Waals surface area contributed by atoms with Crippen molar-refractivity contribution in [3.63, 3.8) is 0 Å². The minimum absolute atomic E-state index is 0.0171. The average molecular weight is 372 g/mol. The predicted octanol–water partition coefficient (Wildman–Crippen LogP) is 2.37. The normalized spacial score (nSPS) is 12.7. The number of ether oxygens (including phenoxy) is 2. The molecule has 0 heterocycles. The molecular weight excluding hydrogens is 354 g/mol. The minimum atomic E-state index is -3.80. The standard InChI is InChI=1S/C16H18ClNO5S/c1-22-15-8-7-13(9-16(15)23-2)24(20,21)18-10-14(19)11-3-5-12(17)6-4-11/h3-9,14,18-19H,10H2,1-2H3. The maximum absolute atomic E-state index is 12.4. The van der Waals surface area contributed by atoms with Crippen LogP contribution in [0.1, 0.15) is 11.7 Å². The second kappa shape index (κ2) is 7.85. The molecule has 130 valence electrons. The lowest BCUT2D eigenvalue weighted by atomic mass is 10.1. The second-order valence-electron chi connectivity index (χ2n) is 4.94. The third-order valence-corrected chi connectivity index (χ3v) is 5.06. The van der Waals surface area contributed by atoms with Gasteiger partial charge in [0.1, 0.15) is 0 Å². The first-order valence-corrected chi connectivity index (χ1v) is 8.88. The van der Waals surface area contributed by atoms with Gasteiger partial charge in [0.05, 0.1) is 25.2 Å². The Morgan fingerprint density at radius 1 is 1.08 bits per heavy atom. The molecule has 0 radical (unpaired) electrons. The van der Waals surface area contributed by atoms with E-state index in [0.29, 0.717) is 22.1 Å². The van der Waals surface area contributed by atoms with E-state index in [2.05, 4.69) is 4.72 Å². The molecule has 0 aliphatic rings. The SMILES string of the molecule is COc1ccc(S(=O)(=O)NCC(O)c2ccc(Cl)cc2)cc1OC. The summed E-state index contributed by atoms with van der Waals surface area (Å²) < 4.78 is 37.2. The van der Waals surface area contributed by atoms with Crippen LogP contribution in [0.25, 0.3) is 0 Å². The average Bonchev–Trinajstić information content (AvgIpc) is 2.59. The van der Waals surface area contributed by atoms with Gasteiger partial charge < -0.3 is 14.6 Å². The summed E-state index contributed by atoms with van der Waals surface area (Å²) in [6.07, 6.45) is -0.989. The molecular formula is C16H18ClNO5S. The van der Waals surface area contributed by atoms with Crippen LogP contribution in [0.4, 0.5) is 0 Å². The van der Waals surface area contributed by atoms with E-state index in [1.807, 2.05) is 0 Å². The molecule has 8 heteroatoms. The third-order valence-electron chi connectivity index (χ3n) is 3.39. The molecule has 2 aromatic rings. The minimum Gasteiger partial charge on any atom is -0.493 e. The third kappa shape index (κ3) is 4.39. The molecule has 0 amide bonds. The van der Waals surface area contributed by atoms with Crippen LogP contribution < -0.4 is 14.2 Å². The van der Waals surface area contributed by atoms with E-state index in [-0.39, 0.29) is 11.4 Å². The van der Waals surface area contributed by atoms with E-state index >= 15 is 0 Å². The molecule has 0 aliphatic carbocycles. The second-order valence-corrected chi connectivity index (χ2v) is 7.14. The molecule has 0 aliphatic heterocycles. The fraction of sp³-hybridized carbons (Fsp3) is 0.250. The summed E-state index contributed by atoms with van der Waals surface area (Å²) in [5, 5.41) is 10.6. The van der Waals surface area contributed by atoms with Crippen molar-refractivity contribution in [3.8, 4) is 11.5 Å². The number of halogens is 1. The lowest BCUT2D eigenvalue weighted by molar-refractivity contribution is 0.182. The predicted molar refractivity (Wildman–Crippen MR) is 91.1 cm³/mol. The van der Waals surface area contributed by atoms with Crippen LogP contribution in [0, 0.1) is 0 Å². The molecule has 0 bridgehead atoms. The van der Waals surface area contributed by atoms with Gasteiger partial charge in [0.25, 0.3) is 0 Å². The highest BCUT2D eigenvalue weighted by Crippen LogP contribution is 2.29. The zero-order valence-electron chi connectivity index (χ0n) is 13.2. The summed E-state index contributed by atoms with van der Waals surface area (Å²) in [5.74, 6) is 0.733. The topological polar surface area (TPSA) is 84.9 Å². The Kier molecular flexibility index (Phi) is 6.06. The molecule has 2 N–H and O–H groups in total. The molecule has 2 aromatic carbocycles. The molecule has 6 nitrogen and oxygen atoms in total. The first-order chi connectivity index (χ1) is 11.4. The first-order valence-electron chi connectivity index (χ1n) is 7.02. The van der Waals surface area contributed by atoms with Gasteiger partial charge in [-0.05, 0) is 29.8 Å². The van der Waals surface area contributed by atoms with Crippen LogP contribution in [0.2, 0.25) is 5.02 Å². The van der Waals surface area contributed by atoms with Gasteiger partial charge in [0.15, 0.2) is 11.5 Å². The van der Waals surface area contributed by atoms with Crippen LogP contribution in [-0.4, -0.2) is 34.3 Å². The molecule has 0 fully saturated rings. The monoisotopic (exact) mass is 371 g/mol. The van der Waals surface area contributed by atoms with E-state index in [9.17, 15) is 13.5 Å². The number of aliphatic hydroxyl groups excluding tert-OH is 1. The number of benzene rings is 2. The molecule has 2 rings (SSSR count). The summed E-state index contributed by atoms with van der Waals surface area (Å²) in [4.78, 5) is 0.0171. The molecule has 0 spiro atoms. The summed E-state index contributed by atoms with van der Waals surface area (Å²) >= 11 is 5.78. The Bertz CT molecular complexity index is 793. The fourth-order valence-corrected chi connectivity index (χ4v) is 3.24. The highest BCUT2D eigenvalue weighted by Gasteiger charge is 2.19. The van der Waals surface area contributed by atoms with Gasteiger partial charge in [-0.15, -0.1) is 0 Å². The summed E-state index contributed by atoms with van der Waals surface area (Å²) in [5.41, 5.74) is 0.564. The zero-order valence-corrected chi connectivity index (χ0v) is 14.8. The molecule has 0 saturated carbocycles. The smallest absolute Gasteiger partial charge is 0.240 e. The highest BCUT2D eigenvalue weighted by molar-refractivity contribution is 7.89. The van der Waals surface area contributed by atoms with E-state index < -0.39 is 16.1 Å². The van der Waals surface area contributed by atoms with Crippen molar-refractivity contribution < 1.29 is 23.0 Å². The van der Waals surface area contributed by atoms with Crippen molar-refractivity contribution in [1.29, 1.82) is 0 Å². The van der Waals surface area contributed by atoms with Crippen LogP contribution >= 0.6 is 11.6 Å². The maximum Gasteiger partial charge on any atom is 0.240 e. The quantitative estimate of drug-likeness (QED) is 0.780. The molecule has 0 aromatic heterocycles. The van der Waals surface area contributed by atoms with Crippen LogP contribution in [-0.2, 0) is 10.0 Å². The number of rotatable bonds is 7. The number of nitrogens with one attached hydrogen (secondary N) is 1. The number of aliphatic hydroxyl groups is 1. The van der Waals surface area contributed by atoms with Gasteiger partial charge in [-0.3, -0.25) is 0 Å². The van der Waals surface area contributed by atoms with Crippen molar-refractivity contribution >= 4 is 21.6 Å². The Labute approximate surface area is 146 Å². The lowest BCUT2D eigenvalue weighted by Crippen LogP contribution is -2.28. The first kappa shape index (κ1) is 18.5. The van der Waals surface area contributed by atoms with Crippen molar-refractivity contribution in [3.05, 3.63) is 53.1 Å². The molecule has 1 unspecified atom stereocenters. The van der Waals surface area contributed by atoms with Crippen molar-refractivity contribution in [1.82, 2.24) is 4.72 Å². The Morgan fingerprint density at radius 2 is 1.71 bits per heavy atom. The van der Waals surface area contributed by atoms with E-state index in [0.717, 1.165) is 0 Å². The van der Waals surface area contributed by atoms with Crippen molar-refractivity contribution in [2.45, 2.75) is 11.0 Å². The number of hydrogen-bond acceptors (Lipinski definition) is 5. The summed E-state index contributed by atoms with van der Waals surface area (Å²) in [7, 11) is -0.913. The van der Waals surface area contributed by atoms with E-state index in [4.69, 9.17) is 21.1 Å². The van der Waals surface area contributed by atoms with Crippen LogP contribution in [0.5, 0.6) is 11.5 Å². The molecule has 0 saturated heterocycles. The molecule has 24 heavy (non-hydrogen) atoms. The molecule has 1 atom stereocenters.